The molecular weight excluding hydrogens is 350 g/mol. The van der Waals surface area contributed by atoms with Gasteiger partial charge in [0.2, 0.25) is 5.91 Å². The Kier molecular flexibility index (Phi) is 5.73. The Balaban J connectivity index is 1.52. The van der Waals surface area contributed by atoms with Gasteiger partial charge in [0, 0.05) is 10.5 Å². The van der Waals surface area contributed by atoms with E-state index in [4.69, 9.17) is 4.74 Å². The molecule has 1 amide bonds. The average molecular weight is 369 g/mol. The Hall–Kier alpha value is -2.60. The van der Waals surface area contributed by atoms with Crippen LogP contribution in [0.3, 0.4) is 0 Å². The third kappa shape index (κ3) is 4.32. The summed E-state index contributed by atoms with van der Waals surface area (Å²) in [5.41, 5.74) is 2.39. The minimum Gasteiger partial charge on any atom is -0.457 e. The van der Waals surface area contributed by atoms with Gasteiger partial charge in [-0.2, -0.15) is 0 Å². The van der Waals surface area contributed by atoms with Crippen molar-refractivity contribution in [2.75, 3.05) is 11.9 Å². The Morgan fingerprint density at radius 3 is 2.58 bits per heavy atom. The Morgan fingerprint density at radius 1 is 1.12 bits per heavy atom. The van der Waals surface area contributed by atoms with Crippen molar-refractivity contribution in [2.24, 2.45) is 0 Å². The number of amides is 1. The first-order valence-electron chi connectivity index (χ1n) is 8.41. The van der Waals surface area contributed by atoms with Gasteiger partial charge in [0.25, 0.3) is 0 Å². The zero-order valence-electron chi connectivity index (χ0n) is 14.4. The molecule has 1 atom stereocenters. The van der Waals surface area contributed by atoms with E-state index in [1.807, 2.05) is 43.3 Å². The number of nitrogens with one attached hydrogen (secondary N) is 1. The standard InChI is InChI=1S/C20H19NO4S/c1-2-13-7-9-14(10-8-13)16(22)12-25-19(23)11-18-20(24)21-15-5-3-4-6-17(15)26-18/h3-10,18H,2,11-12H2,1H3,(H,21,24)/t18-/m0/s1. The van der Waals surface area contributed by atoms with E-state index in [9.17, 15) is 14.4 Å². The van der Waals surface area contributed by atoms with Gasteiger partial charge in [0.15, 0.2) is 12.4 Å². The van der Waals surface area contributed by atoms with Crippen molar-refractivity contribution in [1.29, 1.82) is 0 Å². The topological polar surface area (TPSA) is 72.5 Å². The molecule has 3 rings (SSSR count). The zero-order valence-corrected chi connectivity index (χ0v) is 15.2. The molecule has 0 unspecified atom stereocenters. The maximum absolute atomic E-state index is 12.1. The SMILES string of the molecule is CCc1ccc(C(=O)COC(=O)C[C@@H]2Sc3ccccc3NC2=O)cc1. The summed E-state index contributed by atoms with van der Waals surface area (Å²) in [6, 6.07) is 14.7. The zero-order chi connectivity index (χ0) is 18.5. The molecule has 0 spiro atoms. The first-order valence-corrected chi connectivity index (χ1v) is 9.29. The lowest BCUT2D eigenvalue weighted by atomic mass is 10.1. The molecule has 1 aliphatic rings. The number of hydrogen-bond acceptors (Lipinski definition) is 5. The van der Waals surface area contributed by atoms with Crippen molar-refractivity contribution in [2.45, 2.75) is 29.9 Å². The number of anilines is 1. The largest absolute Gasteiger partial charge is 0.457 e. The number of Topliss-reactive ketones (excluding diaryl/α,β-unsaturated/α-hetero) is 1. The molecule has 0 saturated carbocycles. The summed E-state index contributed by atoms with van der Waals surface area (Å²) in [7, 11) is 0. The third-order valence-electron chi connectivity index (χ3n) is 4.11. The van der Waals surface area contributed by atoms with Gasteiger partial charge in [-0.1, -0.05) is 43.3 Å². The molecule has 0 saturated heterocycles. The van der Waals surface area contributed by atoms with Crippen molar-refractivity contribution in [3.8, 4) is 0 Å². The molecule has 1 heterocycles. The van der Waals surface area contributed by atoms with Crippen molar-refractivity contribution in [1.82, 2.24) is 0 Å². The number of aryl methyl sites for hydroxylation is 1. The highest BCUT2D eigenvalue weighted by molar-refractivity contribution is 8.01. The second-order valence-corrected chi connectivity index (χ2v) is 7.17. The van der Waals surface area contributed by atoms with Gasteiger partial charge < -0.3 is 10.1 Å². The highest BCUT2D eigenvalue weighted by Crippen LogP contribution is 2.36. The Morgan fingerprint density at radius 2 is 1.85 bits per heavy atom. The summed E-state index contributed by atoms with van der Waals surface area (Å²) < 4.78 is 5.07. The highest BCUT2D eigenvalue weighted by atomic mass is 32.2. The van der Waals surface area contributed by atoms with Gasteiger partial charge in [-0.25, -0.2) is 0 Å². The monoisotopic (exact) mass is 369 g/mol. The number of ether oxygens (including phenoxy) is 1. The van der Waals surface area contributed by atoms with E-state index in [1.165, 1.54) is 11.8 Å². The van der Waals surface area contributed by atoms with Gasteiger partial charge in [0.1, 0.15) is 0 Å². The minimum absolute atomic E-state index is 0.0765. The number of fused-ring (bicyclic) bond motifs is 1. The number of rotatable bonds is 6. The maximum Gasteiger partial charge on any atom is 0.307 e. The molecule has 1 aliphatic heterocycles. The second-order valence-electron chi connectivity index (χ2n) is 5.93. The van der Waals surface area contributed by atoms with Crippen LogP contribution in [0.5, 0.6) is 0 Å². The fraction of sp³-hybridized carbons (Fsp3) is 0.250. The number of hydrogen-bond donors (Lipinski definition) is 1. The van der Waals surface area contributed by atoms with Gasteiger partial charge in [-0.05, 0) is 24.1 Å². The minimum atomic E-state index is -0.560. The third-order valence-corrected chi connectivity index (χ3v) is 5.38. The summed E-state index contributed by atoms with van der Waals surface area (Å²) in [6.45, 7) is 1.72. The lowest BCUT2D eigenvalue weighted by Gasteiger charge is -2.23. The average Bonchev–Trinajstić information content (AvgIpc) is 2.66. The van der Waals surface area contributed by atoms with E-state index in [0.29, 0.717) is 5.56 Å². The van der Waals surface area contributed by atoms with Gasteiger partial charge in [-0.3, -0.25) is 14.4 Å². The van der Waals surface area contributed by atoms with E-state index < -0.39 is 11.2 Å². The molecule has 0 aliphatic carbocycles. The molecular formula is C20H19NO4S. The lowest BCUT2D eigenvalue weighted by Crippen LogP contribution is -2.31. The van der Waals surface area contributed by atoms with Crippen LogP contribution in [0.25, 0.3) is 0 Å². The van der Waals surface area contributed by atoms with Gasteiger partial charge in [0.05, 0.1) is 17.4 Å². The number of thioether (sulfide) groups is 1. The quantitative estimate of drug-likeness (QED) is 0.623. The van der Waals surface area contributed by atoms with Crippen molar-refractivity contribution < 1.29 is 19.1 Å². The number of benzene rings is 2. The maximum atomic E-state index is 12.1. The van der Waals surface area contributed by atoms with Crippen LogP contribution in [-0.2, 0) is 20.7 Å². The molecule has 2 aromatic rings. The van der Waals surface area contributed by atoms with Crippen molar-refractivity contribution in [3.63, 3.8) is 0 Å². The first-order chi connectivity index (χ1) is 12.6. The number of carbonyl (C=O) groups is 3. The van der Waals surface area contributed by atoms with E-state index in [1.54, 1.807) is 12.1 Å². The molecule has 1 N–H and O–H groups in total. The predicted octanol–water partition coefficient (Wildman–Crippen LogP) is 3.48. The molecule has 26 heavy (non-hydrogen) atoms. The van der Waals surface area contributed by atoms with Crippen LogP contribution in [0.4, 0.5) is 5.69 Å². The van der Waals surface area contributed by atoms with E-state index >= 15 is 0 Å². The number of para-hydroxylation sites is 1. The first kappa shape index (κ1) is 18.2. The molecule has 134 valence electrons. The van der Waals surface area contributed by atoms with E-state index in [-0.39, 0.29) is 24.7 Å². The van der Waals surface area contributed by atoms with Gasteiger partial charge >= 0.3 is 5.97 Å². The molecule has 6 heteroatoms. The van der Waals surface area contributed by atoms with Crippen LogP contribution in [0.15, 0.2) is 53.4 Å². The molecule has 0 fully saturated rings. The summed E-state index contributed by atoms with van der Waals surface area (Å²) >= 11 is 1.33. The fourth-order valence-corrected chi connectivity index (χ4v) is 3.69. The Bertz CT molecular complexity index is 832. The van der Waals surface area contributed by atoms with E-state index in [2.05, 4.69) is 5.32 Å². The Labute approximate surface area is 156 Å². The van der Waals surface area contributed by atoms with Crippen LogP contribution < -0.4 is 5.32 Å². The van der Waals surface area contributed by atoms with E-state index in [0.717, 1.165) is 22.6 Å². The normalized spacial score (nSPS) is 15.7. The molecule has 0 aromatic heterocycles. The fourth-order valence-electron chi connectivity index (χ4n) is 2.59. The van der Waals surface area contributed by atoms with Crippen LogP contribution >= 0.6 is 11.8 Å². The summed E-state index contributed by atoms with van der Waals surface area (Å²) in [5, 5.41) is 2.22. The molecule has 0 bridgehead atoms. The van der Waals surface area contributed by atoms with Crippen molar-refractivity contribution >= 4 is 35.1 Å². The van der Waals surface area contributed by atoms with Crippen LogP contribution in [0, 0.1) is 0 Å². The predicted molar refractivity (Wildman–Crippen MR) is 100 cm³/mol. The van der Waals surface area contributed by atoms with Gasteiger partial charge in [-0.15, -0.1) is 11.8 Å². The number of ketones is 1. The summed E-state index contributed by atoms with van der Waals surface area (Å²) in [5.74, 6) is -1.05. The highest BCUT2D eigenvalue weighted by Gasteiger charge is 2.29. The van der Waals surface area contributed by atoms with Crippen LogP contribution in [-0.4, -0.2) is 29.5 Å². The number of esters is 1. The second kappa shape index (κ2) is 8.19. The van der Waals surface area contributed by atoms with Crippen LogP contribution in [0.2, 0.25) is 0 Å². The van der Waals surface area contributed by atoms with Crippen molar-refractivity contribution in [3.05, 3.63) is 59.7 Å². The molecule has 5 nitrogen and oxygen atoms in total. The summed E-state index contributed by atoms with van der Waals surface area (Å²) in [6.07, 6.45) is 0.820. The molecule has 0 radical (unpaired) electrons. The van der Waals surface area contributed by atoms with Crippen LogP contribution in [0.1, 0.15) is 29.3 Å². The number of carbonyl (C=O) groups excluding carboxylic acids is 3. The summed E-state index contributed by atoms with van der Waals surface area (Å²) in [4.78, 5) is 37.2. The lowest BCUT2D eigenvalue weighted by molar-refractivity contribution is -0.143. The molecule has 2 aromatic carbocycles. The smallest absolute Gasteiger partial charge is 0.307 e.